The number of aromatic nitrogens is 2. The molecule has 1 saturated heterocycles. The Morgan fingerprint density at radius 2 is 2.09 bits per heavy atom. The number of benzene rings is 1. The van der Waals surface area contributed by atoms with Crippen LogP contribution < -0.4 is 24.2 Å². The quantitative estimate of drug-likeness (QED) is 0.430. The number of hydrogen-bond acceptors (Lipinski definition) is 5. The van der Waals surface area contributed by atoms with Crippen LogP contribution in [0, 0.1) is 0 Å². The Kier molecular flexibility index (Phi) is 6.04. The van der Waals surface area contributed by atoms with Crippen LogP contribution in [0.2, 0.25) is 0 Å². The van der Waals surface area contributed by atoms with Gasteiger partial charge in [0, 0.05) is 36.8 Å². The van der Waals surface area contributed by atoms with Crippen molar-refractivity contribution < 1.29 is 9.30 Å². The molecule has 1 atom stereocenters. The predicted octanol–water partition coefficient (Wildman–Crippen LogP) is 2.70. The molecule has 2 aliphatic heterocycles. The van der Waals surface area contributed by atoms with E-state index in [1.165, 1.54) is 4.90 Å². The first-order chi connectivity index (χ1) is 15.7. The molecule has 3 aromatic rings. The summed E-state index contributed by atoms with van der Waals surface area (Å²) in [6.07, 6.45) is 8.18. The summed E-state index contributed by atoms with van der Waals surface area (Å²) < 4.78 is 11.6. The van der Waals surface area contributed by atoms with Crippen LogP contribution in [0.4, 0.5) is 5.69 Å². The summed E-state index contributed by atoms with van der Waals surface area (Å²) in [5, 5.41) is 0.994. The van der Waals surface area contributed by atoms with Crippen molar-refractivity contribution in [2.24, 2.45) is 0 Å². The highest BCUT2D eigenvalue weighted by molar-refractivity contribution is 8.08. The van der Waals surface area contributed by atoms with Gasteiger partial charge in [0.2, 0.25) is 5.69 Å². The Morgan fingerprint density at radius 3 is 2.88 bits per heavy atom. The monoisotopic (exact) mass is 464 g/mol. The standard InChI is InChI=1S/C25H26N3O2S2/c1-3-13-27-14-7-6-9-18(27)16-22-28(17-19-10-8-15-30-19)24(29)23(32-22)25-26(2)20-11-4-5-12-21(20)31-25/h3-7,9,11-12,14,16,19H,1,8,10,13,15,17H2,2H3/q+1. The number of ether oxygens (including phenoxy) is 1. The molecule has 0 bridgehead atoms. The number of nitrogens with zero attached hydrogens (tertiary/aromatic N) is 3. The van der Waals surface area contributed by atoms with Crippen molar-refractivity contribution in [2.45, 2.75) is 36.9 Å². The lowest BCUT2D eigenvalue weighted by molar-refractivity contribution is -0.688. The fourth-order valence-electron chi connectivity index (χ4n) is 4.19. The zero-order valence-corrected chi connectivity index (χ0v) is 19.7. The van der Waals surface area contributed by atoms with Crippen molar-refractivity contribution >= 4 is 39.9 Å². The van der Waals surface area contributed by atoms with Gasteiger partial charge in [0.1, 0.15) is 14.2 Å². The molecule has 1 fully saturated rings. The average Bonchev–Trinajstić information content (AvgIpc) is 3.51. The SMILES string of the molecule is C=CC[n+]1ccccc1C=c1sc(=C2Sc3ccccc3N2C)c(=O)n1CC1CCCO1. The molecule has 7 heteroatoms. The van der Waals surface area contributed by atoms with Crippen LogP contribution in [0.3, 0.4) is 0 Å². The molecule has 0 spiro atoms. The minimum Gasteiger partial charge on any atom is -0.376 e. The third-order valence-corrected chi connectivity index (χ3v) is 8.31. The number of allylic oxidation sites excluding steroid dienone is 1. The van der Waals surface area contributed by atoms with Gasteiger partial charge in [-0.15, -0.1) is 11.3 Å². The molecule has 2 aliphatic rings. The van der Waals surface area contributed by atoms with E-state index in [2.05, 4.69) is 40.3 Å². The molecule has 1 unspecified atom stereocenters. The van der Waals surface area contributed by atoms with Gasteiger partial charge < -0.3 is 9.64 Å². The largest absolute Gasteiger partial charge is 0.376 e. The lowest BCUT2D eigenvalue weighted by Gasteiger charge is -2.12. The van der Waals surface area contributed by atoms with Gasteiger partial charge in [-0.05, 0) is 37.1 Å². The fourth-order valence-corrected chi connectivity index (χ4v) is 6.59. The van der Waals surface area contributed by atoms with E-state index in [-0.39, 0.29) is 11.7 Å². The van der Waals surface area contributed by atoms with Crippen molar-refractivity contribution in [1.29, 1.82) is 0 Å². The summed E-state index contributed by atoms with van der Waals surface area (Å²) in [6, 6.07) is 14.4. The minimum atomic E-state index is 0.0603. The molecule has 32 heavy (non-hydrogen) atoms. The molecule has 5 nitrogen and oxygen atoms in total. The van der Waals surface area contributed by atoms with Gasteiger partial charge >= 0.3 is 0 Å². The van der Waals surface area contributed by atoms with Crippen LogP contribution >= 0.6 is 23.1 Å². The molecule has 5 rings (SSSR count). The zero-order valence-electron chi connectivity index (χ0n) is 18.1. The number of rotatable bonds is 5. The Balaban J connectivity index is 1.69. The Hall–Kier alpha value is -2.61. The Morgan fingerprint density at radius 1 is 1.25 bits per heavy atom. The van der Waals surface area contributed by atoms with Crippen LogP contribution in [0.25, 0.3) is 11.1 Å². The van der Waals surface area contributed by atoms with E-state index in [4.69, 9.17) is 4.74 Å². The first kappa shape index (κ1) is 21.2. The third kappa shape index (κ3) is 3.96. The molecule has 0 N–H and O–H groups in total. The normalized spacial score (nSPS) is 20.1. The van der Waals surface area contributed by atoms with Crippen LogP contribution in [0.5, 0.6) is 0 Å². The molecule has 4 heterocycles. The van der Waals surface area contributed by atoms with Crippen molar-refractivity contribution in [3.8, 4) is 0 Å². The topological polar surface area (TPSA) is 38.4 Å². The van der Waals surface area contributed by atoms with E-state index in [9.17, 15) is 4.79 Å². The highest BCUT2D eigenvalue weighted by atomic mass is 32.2. The maximum atomic E-state index is 13.7. The van der Waals surface area contributed by atoms with E-state index < -0.39 is 0 Å². The molecule has 0 amide bonds. The van der Waals surface area contributed by atoms with E-state index in [1.54, 1.807) is 23.1 Å². The molecule has 0 radical (unpaired) electrons. The maximum Gasteiger partial charge on any atom is 0.271 e. The van der Waals surface area contributed by atoms with Crippen molar-refractivity contribution in [3.63, 3.8) is 0 Å². The third-order valence-electron chi connectivity index (χ3n) is 5.83. The number of pyridine rings is 1. The van der Waals surface area contributed by atoms with Crippen LogP contribution in [0.1, 0.15) is 18.5 Å². The number of thioether (sulfide) groups is 1. The van der Waals surface area contributed by atoms with Gasteiger partial charge in [0.25, 0.3) is 5.56 Å². The summed E-state index contributed by atoms with van der Waals surface area (Å²) in [7, 11) is 2.04. The fraction of sp³-hybridized carbons (Fsp3) is 0.280. The Labute approximate surface area is 195 Å². The molecule has 0 aliphatic carbocycles. The summed E-state index contributed by atoms with van der Waals surface area (Å²) in [6.45, 7) is 5.95. The molecular weight excluding hydrogens is 438 g/mol. The summed E-state index contributed by atoms with van der Waals surface area (Å²) in [4.78, 5) is 17.0. The van der Waals surface area contributed by atoms with Crippen molar-refractivity contribution in [2.75, 3.05) is 18.6 Å². The predicted molar refractivity (Wildman–Crippen MR) is 131 cm³/mol. The minimum absolute atomic E-state index is 0.0603. The zero-order chi connectivity index (χ0) is 22.1. The number of thiazole rings is 1. The van der Waals surface area contributed by atoms with Crippen molar-refractivity contribution in [1.82, 2.24) is 4.57 Å². The van der Waals surface area contributed by atoms with Gasteiger partial charge in [0.15, 0.2) is 12.7 Å². The highest BCUT2D eigenvalue weighted by Gasteiger charge is 2.25. The van der Waals surface area contributed by atoms with Gasteiger partial charge in [-0.1, -0.05) is 30.5 Å². The van der Waals surface area contributed by atoms with Gasteiger partial charge in [0.05, 0.1) is 18.3 Å². The average molecular weight is 465 g/mol. The van der Waals surface area contributed by atoms with Crippen LogP contribution in [-0.4, -0.2) is 24.3 Å². The second kappa shape index (κ2) is 9.10. The van der Waals surface area contributed by atoms with Crippen LogP contribution in [-0.2, 0) is 17.8 Å². The highest BCUT2D eigenvalue weighted by Crippen LogP contribution is 2.44. The first-order valence-corrected chi connectivity index (χ1v) is 12.5. The lowest BCUT2D eigenvalue weighted by Crippen LogP contribution is -2.38. The molecule has 0 saturated carbocycles. The number of hydrogen-bond donors (Lipinski definition) is 0. The van der Waals surface area contributed by atoms with Gasteiger partial charge in [-0.2, -0.15) is 4.57 Å². The first-order valence-electron chi connectivity index (χ1n) is 10.8. The smallest absolute Gasteiger partial charge is 0.271 e. The number of para-hydroxylation sites is 1. The summed E-state index contributed by atoms with van der Waals surface area (Å²) >= 11 is 3.23. The van der Waals surface area contributed by atoms with E-state index in [1.807, 2.05) is 48.2 Å². The lowest BCUT2D eigenvalue weighted by atomic mass is 10.2. The second-order valence-corrected chi connectivity index (χ2v) is 10.0. The molecule has 164 valence electrons. The maximum absolute atomic E-state index is 13.7. The summed E-state index contributed by atoms with van der Waals surface area (Å²) in [5.74, 6) is 0. The Bertz CT molecular complexity index is 1340. The summed E-state index contributed by atoms with van der Waals surface area (Å²) in [5.41, 5.74) is 2.25. The second-order valence-electron chi connectivity index (χ2n) is 7.97. The number of anilines is 1. The van der Waals surface area contributed by atoms with E-state index >= 15 is 0 Å². The molecule has 1 aromatic carbocycles. The molecule has 2 aromatic heterocycles. The van der Waals surface area contributed by atoms with Gasteiger partial charge in [-0.3, -0.25) is 9.36 Å². The van der Waals surface area contributed by atoms with Gasteiger partial charge in [-0.25, -0.2) is 0 Å². The van der Waals surface area contributed by atoms with Crippen LogP contribution in [0.15, 0.2) is 71.0 Å². The van der Waals surface area contributed by atoms with Crippen molar-refractivity contribution in [3.05, 3.63) is 86.6 Å². The molecular formula is C25H26N3O2S2+. The number of fused-ring (bicyclic) bond motifs is 1. The van der Waals surface area contributed by atoms with E-state index in [0.29, 0.717) is 13.1 Å². The van der Waals surface area contributed by atoms with E-state index in [0.717, 1.165) is 45.1 Å².